The summed E-state index contributed by atoms with van der Waals surface area (Å²) in [6, 6.07) is 0. The number of aromatic nitrogens is 1. The van der Waals surface area contributed by atoms with Crippen molar-refractivity contribution < 1.29 is 0 Å². The third-order valence-electron chi connectivity index (χ3n) is 4.57. The van der Waals surface area contributed by atoms with Gasteiger partial charge in [0.1, 0.15) is 0 Å². The van der Waals surface area contributed by atoms with Gasteiger partial charge in [-0.3, -0.25) is 4.99 Å². The van der Waals surface area contributed by atoms with Gasteiger partial charge in [-0.2, -0.15) is 0 Å². The first kappa shape index (κ1) is 22.6. The fraction of sp³-hybridized carbons (Fsp3) is 0.778. The van der Waals surface area contributed by atoms with Gasteiger partial charge in [0.05, 0.1) is 5.01 Å². The van der Waals surface area contributed by atoms with E-state index in [1.54, 1.807) is 0 Å². The molecule has 2 N–H and O–H groups in total. The van der Waals surface area contributed by atoms with Gasteiger partial charge in [0, 0.05) is 37.1 Å². The highest BCUT2D eigenvalue weighted by molar-refractivity contribution is 14.0. The molecule has 0 amide bonds. The SMILES string of the molecule is CCNC(=NCCC1CCN(C)CC1)NCCc1ncc(CC)s1.I. The Morgan fingerprint density at radius 1 is 1.32 bits per heavy atom. The lowest BCUT2D eigenvalue weighted by molar-refractivity contribution is 0.214. The highest BCUT2D eigenvalue weighted by atomic mass is 127. The molecule has 2 heterocycles. The molecule has 0 atom stereocenters. The first-order valence-corrected chi connectivity index (χ1v) is 10.2. The van der Waals surface area contributed by atoms with Crippen LogP contribution in [0.5, 0.6) is 0 Å². The van der Waals surface area contributed by atoms with E-state index in [1.807, 2.05) is 17.5 Å². The average Bonchev–Trinajstić information content (AvgIpc) is 3.05. The molecule has 0 aliphatic carbocycles. The van der Waals surface area contributed by atoms with Crippen LogP contribution in [-0.2, 0) is 12.8 Å². The topological polar surface area (TPSA) is 52.6 Å². The number of hydrogen-bond acceptors (Lipinski definition) is 4. The molecule has 1 aliphatic heterocycles. The molecule has 1 aromatic heterocycles. The number of piperidine rings is 1. The summed E-state index contributed by atoms with van der Waals surface area (Å²) in [6.07, 6.45) is 7.88. The minimum Gasteiger partial charge on any atom is -0.357 e. The summed E-state index contributed by atoms with van der Waals surface area (Å²) in [4.78, 5) is 13.0. The molecule has 144 valence electrons. The molecule has 7 heteroatoms. The Labute approximate surface area is 174 Å². The molecule has 0 unspecified atom stereocenters. The maximum atomic E-state index is 4.74. The Morgan fingerprint density at radius 2 is 2.08 bits per heavy atom. The highest BCUT2D eigenvalue weighted by Gasteiger charge is 2.15. The predicted octanol–water partition coefficient (Wildman–Crippen LogP) is 3.15. The van der Waals surface area contributed by atoms with Crippen molar-refractivity contribution in [3.8, 4) is 0 Å². The molecule has 1 saturated heterocycles. The third-order valence-corrected chi connectivity index (χ3v) is 5.77. The summed E-state index contributed by atoms with van der Waals surface area (Å²) in [6.45, 7) is 9.47. The van der Waals surface area contributed by atoms with Crippen molar-refractivity contribution in [1.29, 1.82) is 0 Å². The summed E-state index contributed by atoms with van der Waals surface area (Å²) in [5.41, 5.74) is 0. The summed E-state index contributed by atoms with van der Waals surface area (Å²) in [5, 5.41) is 7.99. The number of aliphatic imine (C=N–C) groups is 1. The maximum Gasteiger partial charge on any atom is 0.191 e. The highest BCUT2D eigenvalue weighted by Crippen LogP contribution is 2.19. The lowest BCUT2D eigenvalue weighted by Gasteiger charge is -2.28. The number of nitrogens with one attached hydrogen (secondary N) is 2. The summed E-state index contributed by atoms with van der Waals surface area (Å²) in [7, 11) is 2.22. The molecule has 1 aromatic rings. The van der Waals surface area contributed by atoms with Crippen LogP contribution < -0.4 is 10.6 Å². The number of rotatable bonds is 8. The molecule has 1 aliphatic rings. The van der Waals surface area contributed by atoms with E-state index in [0.717, 1.165) is 44.4 Å². The number of nitrogens with zero attached hydrogens (tertiary/aromatic N) is 3. The first-order valence-electron chi connectivity index (χ1n) is 9.35. The van der Waals surface area contributed by atoms with E-state index in [1.165, 1.54) is 42.2 Å². The zero-order valence-corrected chi connectivity index (χ0v) is 19.0. The van der Waals surface area contributed by atoms with Crippen LogP contribution in [0.25, 0.3) is 0 Å². The van der Waals surface area contributed by atoms with Gasteiger partial charge in [0.2, 0.25) is 0 Å². The van der Waals surface area contributed by atoms with Crippen LogP contribution in [0, 0.1) is 5.92 Å². The van der Waals surface area contributed by atoms with E-state index in [4.69, 9.17) is 4.99 Å². The van der Waals surface area contributed by atoms with E-state index in [2.05, 4.69) is 41.4 Å². The second-order valence-electron chi connectivity index (χ2n) is 6.55. The molecule has 2 rings (SSSR count). The van der Waals surface area contributed by atoms with E-state index in [9.17, 15) is 0 Å². The van der Waals surface area contributed by atoms with Gasteiger partial charge in [-0.15, -0.1) is 35.3 Å². The second kappa shape index (κ2) is 12.9. The van der Waals surface area contributed by atoms with E-state index in [0.29, 0.717) is 0 Å². The van der Waals surface area contributed by atoms with Crippen LogP contribution in [0.3, 0.4) is 0 Å². The van der Waals surface area contributed by atoms with Gasteiger partial charge < -0.3 is 15.5 Å². The Bertz CT molecular complexity index is 497. The van der Waals surface area contributed by atoms with Crippen molar-refractivity contribution in [3.05, 3.63) is 16.1 Å². The minimum absolute atomic E-state index is 0. The molecular formula is C18H34IN5S. The molecule has 0 spiro atoms. The van der Waals surface area contributed by atoms with E-state index < -0.39 is 0 Å². The van der Waals surface area contributed by atoms with Crippen molar-refractivity contribution in [2.45, 2.75) is 46.0 Å². The van der Waals surface area contributed by atoms with Crippen LogP contribution >= 0.6 is 35.3 Å². The van der Waals surface area contributed by atoms with Crippen molar-refractivity contribution in [2.75, 3.05) is 39.8 Å². The number of halogens is 1. The summed E-state index contributed by atoms with van der Waals surface area (Å²) < 4.78 is 0. The van der Waals surface area contributed by atoms with Gasteiger partial charge in [0.15, 0.2) is 5.96 Å². The number of thiazole rings is 1. The van der Waals surface area contributed by atoms with Gasteiger partial charge in [0.25, 0.3) is 0 Å². The number of aryl methyl sites for hydroxylation is 1. The number of hydrogen-bond donors (Lipinski definition) is 2. The van der Waals surface area contributed by atoms with Gasteiger partial charge in [-0.05, 0) is 58.7 Å². The zero-order valence-electron chi connectivity index (χ0n) is 15.9. The lowest BCUT2D eigenvalue weighted by Crippen LogP contribution is -2.38. The molecule has 5 nitrogen and oxygen atoms in total. The normalized spacial score (nSPS) is 16.5. The summed E-state index contributed by atoms with van der Waals surface area (Å²) in [5.74, 6) is 1.79. The van der Waals surface area contributed by atoms with Gasteiger partial charge in [-0.1, -0.05) is 6.92 Å². The smallest absolute Gasteiger partial charge is 0.191 e. The van der Waals surface area contributed by atoms with Crippen molar-refractivity contribution >= 4 is 41.3 Å². The largest absolute Gasteiger partial charge is 0.357 e. The van der Waals surface area contributed by atoms with Gasteiger partial charge >= 0.3 is 0 Å². The van der Waals surface area contributed by atoms with Crippen molar-refractivity contribution in [2.24, 2.45) is 10.9 Å². The minimum atomic E-state index is 0. The average molecular weight is 479 g/mol. The lowest BCUT2D eigenvalue weighted by atomic mass is 9.94. The van der Waals surface area contributed by atoms with Crippen LogP contribution in [0.1, 0.15) is 43.0 Å². The second-order valence-corrected chi connectivity index (χ2v) is 7.75. The molecule has 1 fully saturated rings. The molecular weight excluding hydrogens is 445 g/mol. The Kier molecular flexibility index (Phi) is 11.6. The fourth-order valence-corrected chi connectivity index (χ4v) is 3.83. The summed E-state index contributed by atoms with van der Waals surface area (Å²) >= 11 is 1.82. The fourth-order valence-electron chi connectivity index (χ4n) is 2.97. The van der Waals surface area contributed by atoms with Gasteiger partial charge in [-0.25, -0.2) is 4.98 Å². The zero-order chi connectivity index (χ0) is 17.2. The van der Waals surface area contributed by atoms with E-state index >= 15 is 0 Å². The quantitative estimate of drug-likeness (QED) is 0.342. The Hall–Kier alpha value is -0.410. The monoisotopic (exact) mass is 479 g/mol. The maximum absolute atomic E-state index is 4.74. The van der Waals surface area contributed by atoms with Crippen LogP contribution in [-0.4, -0.2) is 55.6 Å². The van der Waals surface area contributed by atoms with Crippen molar-refractivity contribution in [1.82, 2.24) is 20.5 Å². The van der Waals surface area contributed by atoms with Crippen molar-refractivity contribution in [3.63, 3.8) is 0 Å². The van der Waals surface area contributed by atoms with Crippen LogP contribution in [0.2, 0.25) is 0 Å². The predicted molar refractivity (Wildman–Crippen MR) is 119 cm³/mol. The van der Waals surface area contributed by atoms with Crippen LogP contribution in [0.15, 0.2) is 11.2 Å². The molecule has 25 heavy (non-hydrogen) atoms. The number of likely N-dealkylation sites (tertiary alicyclic amines) is 1. The molecule has 0 saturated carbocycles. The number of guanidine groups is 1. The Morgan fingerprint density at radius 3 is 2.72 bits per heavy atom. The molecule has 0 aromatic carbocycles. The molecule has 0 radical (unpaired) electrons. The van der Waals surface area contributed by atoms with E-state index in [-0.39, 0.29) is 24.0 Å². The Balaban J connectivity index is 0.00000312. The third kappa shape index (κ3) is 8.68. The van der Waals surface area contributed by atoms with Crippen LogP contribution in [0.4, 0.5) is 0 Å². The first-order chi connectivity index (χ1) is 11.7. The molecule has 0 bridgehead atoms. The standard InChI is InChI=1S/C18H33N5S.HI/c1-4-16-14-22-17(24-16)7-11-21-18(19-5-2)20-10-6-15-8-12-23(3)13-9-15;/h14-15H,4-13H2,1-3H3,(H2,19,20,21);1H.